The lowest BCUT2D eigenvalue weighted by Gasteiger charge is -2.27. The Balaban J connectivity index is 1.59. The average molecular weight is 369 g/mol. The highest BCUT2D eigenvalue weighted by Crippen LogP contribution is 2.25. The van der Waals surface area contributed by atoms with E-state index in [1.807, 2.05) is 24.3 Å². The van der Waals surface area contributed by atoms with E-state index in [1.165, 1.54) is 0 Å². The van der Waals surface area contributed by atoms with Crippen LogP contribution in [0.1, 0.15) is 29.5 Å². The van der Waals surface area contributed by atoms with Crippen LogP contribution in [0.2, 0.25) is 5.02 Å². The van der Waals surface area contributed by atoms with E-state index >= 15 is 0 Å². The van der Waals surface area contributed by atoms with Crippen LogP contribution >= 0.6 is 11.6 Å². The van der Waals surface area contributed by atoms with Crippen LogP contribution in [0, 0.1) is 0 Å². The number of benzene rings is 2. The molecule has 0 unspecified atom stereocenters. The van der Waals surface area contributed by atoms with Crippen molar-refractivity contribution in [1.82, 2.24) is 14.5 Å². The molecule has 1 N–H and O–H groups in total. The SMILES string of the molecule is CCCN1CCn2c(nc3cc(NC(=O)c4ccccc4Cl)ccc32)C1. The summed E-state index contributed by atoms with van der Waals surface area (Å²) in [7, 11) is 0. The van der Waals surface area contributed by atoms with Gasteiger partial charge in [-0.1, -0.05) is 30.7 Å². The summed E-state index contributed by atoms with van der Waals surface area (Å²) in [6.07, 6.45) is 1.15. The molecule has 1 aliphatic heterocycles. The van der Waals surface area contributed by atoms with Crippen molar-refractivity contribution < 1.29 is 4.79 Å². The molecule has 3 aromatic rings. The van der Waals surface area contributed by atoms with E-state index in [9.17, 15) is 4.79 Å². The van der Waals surface area contributed by atoms with E-state index in [-0.39, 0.29) is 5.91 Å². The first kappa shape index (κ1) is 17.1. The third-order valence-electron chi connectivity index (χ3n) is 4.75. The maximum Gasteiger partial charge on any atom is 0.257 e. The van der Waals surface area contributed by atoms with Gasteiger partial charge in [0.1, 0.15) is 5.82 Å². The Kier molecular flexibility index (Phi) is 4.66. The van der Waals surface area contributed by atoms with Crippen LogP contribution in [0.25, 0.3) is 11.0 Å². The first-order valence-electron chi connectivity index (χ1n) is 8.93. The summed E-state index contributed by atoms with van der Waals surface area (Å²) in [5.41, 5.74) is 3.22. The topological polar surface area (TPSA) is 50.2 Å². The number of anilines is 1. The van der Waals surface area contributed by atoms with Gasteiger partial charge in [-0.25, -0.2) is 4.98 Å². The van der Waals surface area contributed by atoms with E-state index in [0.717, 1.165) is 55.1 Å². The van der Waals surface area contributed by atoms with Crippen molar-refractivity contribution >= 4 is 34.2 Å². The molecule has 6 heteroatoms. The molecule has 26 heavy (non-hydrogen) atoms. The van der Waals surface area contributed by atoms with Gasteiger partial charge in [0, 0.05) is 18.8 Å². The van der Waals surface area contributed by atoms with Crippen LogP contribution in [0.4, 0.5) is 5.69 Å². The summed E-state index contributed by atoms with van der Waals surface area (Å²) in [6, 6.07) is 12.9. The van der Waals surface area contributed by atoms with E-state index in [4.69, 9.17) is 16.6 Å². The van der Waals surface area contributed by atoms with Crippen LogP contribution < -0.4 is 5.32 Å². The monoisotopic (exact) mass is 368 g/mol. The lowest BCUT2D eigenvalue weighted by Crippen LogP contribution is -2.34. The van der Waals surface area contributed by atoms with Gasteiger partial charge in [-0.2, -0.15) is 0 Å². The number of hydrogen-bond acceptors (Lipinski definition) is 3. The van der Waals surface area contributed by atoms with Crippen molar-refractivity contribution in [3.05, 3.63) is 58.9 Å². The molecule has 5 nitrogen and oxygen atoms in total. The molecule has 2 heterocycles. The second kappa shape index (κ2) is 7.09. The van der Waals surface area contributed by atoms with Crippen LogP contribution in [-0.4, -0.2) is 33.4 Å². The highest BCUT2D eigenvalue weighted by molar-refractivity contribution is 6.34. The lowest BCUT2D eigenvalue weighted by atomic mass is 10.2. The third-order valence-corrected chi connectivity index (χ3v) is 5.08. The van der Waals surface area contributed by atoms with Crippen LogP contribution in [0.3, 0.4) is 0 Å². The fourth-order valence-electron chi connectivity index (χ4n) is 3.50. The van der Waals surface area contributed by atoms with E-state index in [0.29, 0.717) is 10.6 Å². The molecule has 0 aliphatic carbocycles. The van der Waals surface area contributed by atoms with Crippen molar-refractivity contribution in [1.29, 1.82) is 0 Å². The molecule has 1 aromatic heterocycles. The minimum absolute atomic E-state index is 0.215. The first-order valence-corrected chi connectivity index (χ1v) is 9.31. The van der Waals surface area contributed by atoms with E-state index in [1.54, 1.807) is 18.2 Å². The van der Waals surface area contributed by atoms with Crippen molar-refractivity contribution in [2.75, 3.05) is 18.4 Å². The minimum atomic E-state index is -0.215. The summed E-state index contributed by atoms with van der Waals surface area (Å²) < 4.78 is 2.28. The zero-order valence-corrected chi connectivity index (χ0v) is 15.5. The predicted molar refractivity (Wildman–Crippen MR) is 105 cm³/mol. The van der Waals surface area contributed by atoms with Gasteiger partial charge in [-0.05, 0) is 43.3 Å². The highest BCUT2D eigenvalue weighted by atomic mass is 35.5. The number of hydrogen-bond donors (Lipinski definition) is 1. The molecule has 2 aromatic carbocycles. The largest absolute Gasteiger partial charge is 0.326 e. The quantitative estimate of drug-likeness (QED) is 0.752. The molecule has 0 atom stereocenters. The number of amides is 1. The summed E-state index contributed by atoms with van der Waals surface area (Å²) in [5, 5.41) is 3.36. The number of halogens is 1. The Morgan fingerprint density at radius 1 is 1.23 bits per heavy atom. The molecule has 0 saturated carbocycles. The number of imidazole rings is 1. The van der Waals surface area contributed by atoms with Crippen LogP contribution in [-0.2, 0) is 13.1 Å². The fraction of sp³-hybridized carbons (Fsp3) is 0.300. The van der Waals surface area contributed by atoms with Gasteiger partial charge < -0.3 is 9.88 Å². The molecule has 0 saturated heterocycles. The normalized spacial score (nSPS) is 14.4. The lowest BCUT2D eigenvalue weighted by molar-refractivity contribution is 0.102. The number of nitrogens with one attached hydrogen (secondary N) is 1. The smallest absolute Gasteiger partial charge is 0.257 e. The van der Waals surface area contributed by atoms with Crippen LogP contribution in [0.15, 0.2) is 42.5 Å². The van der Waals surface area contributed by atoms with Gasteiger partial charge in [-0.15, -0.1) is 0 Å². The highest BCUT2D eigenvalue weighted by Gasteiger charge is 2.20. The molecule has 1 aliphatic rings. The molecule has 0 bridgehead atoms. The predicted octanol–water partition coefficient (Wildman–Crippen LogP) is 4.17. The summed E-state index contributed by atoms with van der Waals surface area (Å²) in [4.78, 5) is 19.7. The number of rotatable bonds is 4. The minimum Gasteiger partial charge on any atom is -0.326 e. The number of fused-ring (bicyclic) bond motifs is 3. The molecule has 0 radical (unpaired) electrons. The van der Waals surface area contributed by atoms with Crippen LogP contribution in [0.5, 0.6) is 0 Å². The third kappa shape index (κ3) is 3.20. The van der Waals surface area contributed by atoms with Gasteiger partial charge in [0.2, 0.25) is 0 Å². The molecule has 0 fully saturated rings. The summed E-state index contributed by atoms with van der Waals surface area (Å²) >= 11 is 6.11. The van der Waals surface area contributed by atoms with Crippen molar-refractivity contribution in [3.63, 3.8) is 0 Å². The Morgan fingerprint density at radius 3 is 2.88 bits per heavy atom. The standard InChI is InChI=1S/C20H21ClN4O/c1-2-9-24-10-11-25-18-8-7-14(12-17(18)23-19(25)13-24)22-20(26)15-5-3-4-6-16(15)21/h3-8,12H,2,9-11,13H2,1H3,(H,22,26). The second-order valence-corrected chi connectivity index (χ2v) is 7.00. The Morgan fingerprint density at radius 2 is 2.08 bits per heavy atom. The van der Waals surface area contributed by atoms with Gasteiger partial charge in [0.25, 0.3) is 5.91 Å². The summed E-state index contributed by atoms with van der Waals surface area (Å²) in [5.74, 6) is 0.877. The summed E-state index contributed by atoms with van der Waals surface area (Å²) in [6.45, 7) is 6.19. The Bertz CT molecular complexity index is 966. The first-order chi connectivity index (χ1) is 12.7. The van der Waals surface area contributed by atoms with Gasteiger partial charge in [0.15, 0.2) is 0 Å². The van der Waals surface area contributed by atoms with Gasteiger partial charge in [0.05, 0.1) is 28.2 Å². The fourth-order valence-corrected chi connectivity index (χ4v) is 3.72. The van der Waals surface area contributed by atoms with Crippen molar-refractivity contribution in [3.8, 4) is 0 Å². The molecule has 1 amide bonds. The van der Waals surface area contributed by atoms with Crippen molar-refractivity contribution in [2.45, 2.75) is 26.4 Å². The zero-order chi connectivity index (χ0) is 18.1. The van der Waals surface area contributed by atoms with Gasteiger partial charge >= 0.3 is 0 Å². The molecular formula is C20H21ClN4O. The Hall–Kier alpha value is -2.37. The van der Waals surface area contributed by atoms with Crippen molar-refractivity contribution in [2.24, 2.45) is 0 Å². The molecule has 0 spiro atoms. The second-order valence-electron chi connectivity index (χ2n) is 6.59. The number of carbonyl (C=O) groups is 1. The van der Waals surface area contributed by atoms with Gasteiger partial charge in [-0.3, -0.25) is 9.69 Å². The maximum absolute atomic E-state index is 12.5. The maximum atomic E-state index is 12.5. The number of aromatic nitrogens is 2. The van der Waals surface area contributed by atoms with E-state index in [2.05, 4.69) is 21.7 Å². The number of nitrogens with zero attached hydrogens (tertiary/aromatic N) is 3. The zero-order valence-electron chi connectivity index (χ0n) is 14.7. The molecule has 134 valence electrons. The van der Waals surface area contributed by atoms with E-state index < -0.39 is 0 Å². The average Bonchev–Trinajstić information content (AvgIpc) is 2.99. The molecule has 4 rings (SSSR count). The number of carbonyl (C=O) groups excluding carboxylic acids is 1. The molecular weight excluding hydrogens is 348 g/mol. The Labute approximate surface area is 157 Å².